The molecule has 0 saturated carbocycles. The molecule has 1 N–H and O–H groups in total. The Kier molecular flexibility index (Phi) is 5.85. The molecule has 1 atom stereocenters. The molecule has 1 amide bonds. The zero-order chi connectivity index (χ0) is 12.0. The zero-order valence-corrected chi connectivity index (χ0v) is 11.5. The van der Waals surface area contributed by atoms with Crippen LogP contribution in [0.5, 0.6) is 0 Å². The monoisotopic (exact) mass is 303 g/mol. The van der Waals surface area contributed by atoms with Gasteiger partial charge in [0.15, 0.2) is 0 Å². The second-order valence-corrected chi connectivity index (χ2v) is 4.75. The highest BCUT2D eigenvalue weighted by molar-refractivity contribution is 9.09. The average Bonchev–Trinajstić information content (AvgIpc) is 2.26. The van der Waals surface area contributed by atoms with Crippen molar-refractivity contribution in [1.82, 2.24) is 5.32 Å². The molecule has 0 aromatic heterocycles. The zero-order valence-electron chi connectivity index (χ0n) is 9.17. The summed E-state index contributed by atoms with van der Waals surface area (Å²) in [4.78, 5) is 11.5. The molecule has 1 aromatic rings. The molecule has 88 valence electrons. The first kappa shape index (κ1) is 13.5. The van der Waals surface area contributed by atoms with E-state index in [4.69, 9.17) is 11.6 Å². The number of nitrogens with one attached hydrogen (secondary N) is 1. The van der Waals surface area contributed by atoms with Gasteiger partial charge in [0, 0.05) is 16.8 Å². The van der Waals surface area contributed by atoms with Crippen LogP contribution >= 0.6 is 27.5 Å². The summed E-state index contributed by atoms with van der Waals surface area (Å²) >= 11 is 9.17. The molecule has 0 aliphatic carbocycles. The topological polar surface area (TPSA) is 29.1 Å². The van der Waals surface area contributed by atoms with Gasteiger partial charge in [-0.05, 0) is 24.1 Å². The maximum absolute atomic E-state index is 11.5. The van der Waals surface area contributed by atoms with Gasteiger partial charge in [-0.15, -0.1) is 0 Å². The van der Waals surface area contributed by atoms with Gasteiger partial charge in [0.1, 0.15) is 0 Å². The van der Waals surface area contributed by atoms with Crippen LogP contribution in [0.15, 0.2) is 24.3 Å². The van der Waals surface area contributed by atoms with E-state index in [-0.39, 0.29) is 11.9 Å². The highest BCUT2D eigenvalue weighted by Gasteiger charge is 2.12. The number of hydrogen-bond donors (Lipinski definition) is 1. The Morgan fingerprint density at radius 1 is 1.56 bits per heavy atom. The number of hydrogen-bond acceptors (Lipinski definition) is 1. The number of benzene rings is 1. The van der Waals surface area contributed by atoms with E-state index in [1.54, 1.807) is 0 Å². The highest BCUT2D eigenvalue weighted by atomic mass is 79.9. The van der Waals surface area contributed by atoms with Crippen molar-refractivity contribution in [2.24, 2.45) is 0 Å². The van der Waals surface area contributed by atoms with Crippen LogP contribution in [0.2, 0.25) is 5.02 Å². The molecule has 0 bridgehead atoms. The SMILES string of the molecule is CCC(NC(=O)CCBr)c1cccc(Cl)c1. The van der Waals surface area contributed by atoms with Gasteiger partial charge in [-0.3, -0.25) is 4.79 Å². The van der Waals surface area contributed by atoms with Crippen molar-refractivity contribution in [3.05, 3.63) is 34.9 Å². The molecule has 1 unspecified atom stereocenters. The fourth-order valence-electron chi connectivity index (χ4n) is 1.50. The van der Waals surface area contributed by atoms with E-state index in [1.807, 2.05) is 31.2 Å². The average molecular weight is 305 g/mol. The van der Waals surface area contributed by atoms with E-state index in [0.717, 1.165) is 12.0 Å². The second-order valence-electron chi connectivity index (χ2n) is 3.52. The van der Waals surface area contributed by atoms with E-state index < -0.39 is 0 Å². The van der Waals surface area contributed by atoms with Crippen LogP contribution in [-0.2, 0) is 4.79 Å². The Bertz CT molecular complexity index is 357. The molecule has 16 heavy (non-hydrogen) atoms. The number of halogens is 2. The van der Waals surface area contributed by atoms with E-state index in [0.29, 0.717) is 16.8 Å². The molecule has 1 aromatic carbocycles. The van der Waals surface area contributed by atoms with Gasteiger partial charge in [0.25, 0.3) is 0 Å². The Morgan fingerprint density at radius 2 is 2.31 bits per heavy atom. The number of carbonyl (C=O) groups is 1. The Hall–Kier alpha value is -0.540. The summed E-state index contributed by atoms with van der Waals surface area (Å²) in [6.07, 6.45) is 1.35. The van der Waals surface area contributed by atoms with E-state index in [9.17, 15) is 4.79 Å². The van der Waals surface area contributed by atoms with Gasteiger partial charge < -0.3 is 5.32 Å². The summed E-state index contributed by atoms with van der Waals surface area (Å²) in [5, 5.41) is 4.37. The van der Waals surface area contributed by atoms with E-state index in [2.05, 4.69) is 21.2 Å². The van der Waals surface area contributed by atoms with Crippen LogP contribution in [0.4, 0.5) is 0 Å². The van der Waals surface area contributed by atoms with E-state index in [1.165, 1.54) is 0 Å². The molecule has 0 aliphatic heterocycles. The minimum Gasteiger partial charge on any atom is -0.349 e. The smallest absolute Gasteiger partial charge is 0.221 e. The highest BCUT2D eigenvalue weighted by Crippen LogP contribution is 2.20. The van der Waals surface area contributed by atoms with Crippen LogP contribution < -0.4 is 5.32 Å². The number of carbonyl (C=O) groups excluding carboxylic acids is 1. The van der Waals surface area contributed by atoms with Gasteiger partial charge in [-0.25, -0.2) is 0 Å². The maximum atomic E-state index is 11.5. The van der Waals surface area contributed by atoms with Gasteiger partial charge in [-0.1, -0.05) is 46.6 Å². The van der Waals surface area contributed by atoms with Gasteiger partial charge in [0.05, 0.1) is 6.04 Å². The molecular formula is C12H15BrClNO. The summed E-state index contributed by atoms with van der Waals surface area (Å²) in [6, 6.07) is 7.65. The largest absolute Gasteiger partial charge is 0.349 e. The lowest BCUT2D eigenvalue weighted by atomic mass is 10.0. The summed E-state index contributed by atoms with van der Waals surface area (Å²) < 4.78 is 0. The van der Waals surface area contributed by atoms with Crippen LogP contribution in [0.1, 0.15) is 31.4 Å². The molecule has 0 heterocycles. The fraction of sp³-hybridized carbons (Fsp3) is 0.417. The quantitative estimate of drug-likeness (QED) is 0.826. The van der Waals surface area contributed by atoms with Crippen molar-refractivity contribution in [3.63, 3.8) is 0 Å². The Morgan fingerprint density at radius 3 is 2.88 bits per heavy atom. The maximum Gasteiger partial charge on any atom is 0.221 e. The predicted molar refractivity (Wildman–Crippen MR) is 71.0 cm³/mol. The van der Waals surface area contributed by atoms with E-state index >= 15 is 0 Å². The normalized spacial score (nSPS) is 12.2. The first-order valence-electron chi connectivity index (χ1n) is 5.28. The third-order valence-corrected chi connectivity index (χ3v) is 2.95. The standard InChI is InChI=1S/C12H15BrClNO/c1-2-11(15-12(16)6-7-13)9-4-3-5-10(14)8-9/h3-5,8,11H,2,6-7H2,1H3,(H,15,16). The summed E-state index contributed by atoms with van der Waals surface area (Å²) in [6.45, 7) is 2.04. The first-order valence-corrected chi connectivity index (χ1v) is 6.78. The summed E-state index contributed by atoms with van der Waals surface area (Å²) in [5.74, 6) is 0.0590. The minimum absolute atomic E-state index is 0.0465. The van der Waals surface area contributed by atoms with Crippen molar-refractivity contribution < 1.29 is 4.79 Å². The summed E-state index contributed by atoms with van der Waals surface area (Å²) in [7, 11) is 0. The van der Waals surface area contributed by atoms with Crippen LogP contribution in [0.3, 0.4) is 0 Å². The minimum atomic E-state index is 0.0465. The molecule has 0 saturated heterocycles. The molecular weight excluding hydrogens is 289 g/mol. The lowest BCUT2D eigenvalue weighted by Gasteiger charge is -2.17. The van der Waals surface area contributed by atoms with Crippen molar-refractivity contribution in [2.45, 2.75) is 25.8 Å². The van der Waals surface area contributed by atoms with Crippen molar-refractivity contribution >= 4 is 33.4 Å². The van der Waals surface area contributed by atoms with Crippen molar-refractivity contribution in [3.8, 4) is 0 Å². The molecule has 0 radical (unpaired) electrons. The van der Waals surface area contributed by atoms with Crippen LogP contribution in [0, 0.1) is 0 Å². The van der Waals surface area contributed by atoms with Gasteiger partial charge in [-0.2, -0.15) is 0 Å². The Balaban J connectivity index is 2.70. The van der Waals surface area contributed by atoms with Crippen molar-refractivity contribution in [1.29, 1.82) is 0 Å². The van der Waals surface area contributed by atoms with Crippen LogP contribution in [0.25, 0.3) is 0 Å². The molecule has 0 fully saturated rings. The van der Waals surface area contributed by atoms with Gasteiger partial charge in [0.2, 0.25) is 5.91 Å². The van der Waals surface area contributed by atoms with Crippen molar-refractivity contribution in [2.75, 3.05) is 5.33 Å². The lowest BCUT2D eigenvalue weighted by molar-refractivity contribution is -0.121. The molecule has 0 spiro atoms. The van der Waals surface area contributed by atoms with Crippen LogP contribution in [-0.4, -0.2) is 11.2 Å². The molecule has 1 rings (SSSR count). The Labute approximate surface area is 110 Å². The summed E-state index contributed by atoms with van der Waals surface area (Å²) in [5.41, 5.74) is 1.05. The molecule has 4 heteroatoms. The lowest BCUT2D eigenvalue weighted by Crippen LogP contribution is -2.28. The first-order chi connectivity index (χ1) is 7.67. The fourth-order valence-corrected chi connectivity index (χ4v) is 2.06. The van der Waals surface area contributed by atoms with Gasteiger partial charge >= 0.3 is 0 Å². The molecule has 0 aliphatic rings. The number of amides is 1. The molecule has 2 nitrogen and oxygen atoms in total. The number of alkyl halides is 1. The third-order valence-electron chi connectivity index (χ3n) is 2.32. The predicted octanol–water partition coefficient (Wildman–Crippen LogP) is 3.69. The third kappa shape index (κ3) is 4.14. The second kappa shape index (κ2) is 6.92. The number of rotatable bonds is 5.